The molecule has 268 valence electrons. The van der Waals surface area contributed by atoms with Crippen LogP contribution in [0.1, 0.15) is 61.9 Å². The smallest absolute Gasteiger partial charge is 0.356 e. The zero-order valence-corrected chi connectivity index (χ0v) is 29.7. The van der Waals surface area contributed by atoms with Crippen molar-refractivity contribution in [3.8, 4) is 10.4 Å². The molecule has 16 heteroatoms. The Labute approximate surface area is 294 Å². The zero-order valence-electron chi connectivity index (χ0n) is 28.9. The molecule has 2 aliphatic rings. The van der Waals surface area contributed by atoms with Gasteiger partial charge >= 0.3 is 5.97 Å². The van der Waals surface area contributed by atoms with Gasteiger partial charge in [0.05, 0.1) is 40.5 Å². The number of hydrogen-bond acceptors (Lipinski definition) is 12. The normalized spacial score (nSPS) is 19.6. The molecule has 3 amide bonds. The third kappa shape index (κ3) is 8.37. The molecule has 0 aliphatic carbocycles. The highest BCUT2D eigenvalue weighted by Gasteiger charge is 2.44. The van der Waals surface area contributed by atoms with Crippen LogP contribution in [0.15, 0.2) is 35.8 Å². The summed E-state index contributed by atoms with van der Waals surface area (Å²) in [7, 11) is 0. The molecule has 4 atom stereocenters. The predicted octanol–water partition coefficient (Wildman–Crippen LogP) is 1.68. The van der Waals surface area contributed by atoms with E-state index in [-0.39, 0.29) is 48.9 Å². The number of aliphatic hydroxyl groups is 1. The number of likely N-dealkylation sites (tertiary alicyclic amines) is 1. The number of nitrogens with zero attached hydrogens (tertiary/aromatic N) is 6. The van der Waals surface area contributed by atoms with E-state index in [4.69, 9.17) is 5.73 Å². The molecule has 2 aromatic heterocycles. The van der Waals surface area contributed by atoms with Gasteiger partial charge in [-0.05, 0) is 30.4 Å². The molecular weight excluding hydrogens is 662 g/mol. The Morgan fingerprint density at radius 2 is 1.74 bits per heavy atom. The second-order valence-corrected chi connectivity index (χ2v) is 14.8. The first kappa shape index (κ1) is 36.6. The Kier molecular flexibility index (Phi) is 11.0. The first-order valence-electron chi connectivity index (χ1n) is 16.5. The quantitative estimate of drug-likeness (QED) is 0.204. The van der Waals surface area contributed by atoms with Gasteiger partial charge in [-0.25, -0.2) is 9.78 Å². The van der Waals surface area contributed by atoms with Gasteiger partial charge < -0.3 is 36.4 Å². The number of anilines is 2. The van der Waals surface area contributed by atoms with Crippen molar-refractivity contribution in [2.75, 3.05) is 49.9 Å². The Morgan fingerprint density at radius 1 is 1.06 bits per heavy atom. The highest BCUT2D eigenvalue weighted by Crippen LogP contribution is 2.30. The van der Waals surface area contributed by atoms with E-state index in [1.54, 1.807) is 11.3 Å². The number of thiazole rings is 1. The van der Waals surface area contributed by atoms with Crippen molar-refractivity contribution < 1.29 is 29.4 Å². The van der Waals surface area contributed by atoms with Crippen LogP contribution in [0.25, 0.3) is 10.4 Å². The minimum atomic E-state index is -1.20. The number of piperazine rings is 1. The van der Waals surface area contributed by atoms with Crippen molar-refractivity contribution in [1.82, 2.24) is 35.6 Å². The molecule has 4 heterocycles. The van der Waals surface area contributed by atoms with Crippen LogP contribution in [0.4, 0.5) is 11.5 Å². The lowest BCUT2D eigenvalue weighted by molar-refractivity contribution is -0.144. The summed E-state index contributed by atoms with van der Waals surface area (Å²) in [6.45, 7) is 11.3. The highest BCUT2D eigenvalue weighted by atomic mass is 32.1. The average Bonchev–Trinajstić information content (AvgIpc) is 3.68. The number of carbonyl (C=O) groups is 4. The largest absolute Gasteiger partial charge is 0.476 e. The number of nitrogens with two attached hydrogens (primary N) is 1. The number of β-amino-alcohol motifs (C(OH)–C–C–N with tert-alkyl or cyclic N) is 1. The monoisotopic (exact) mass is 707 g/mol. The van der Waals surface area contributed by atoms with Crippen molar-refractivity contribution in [3.05, 3.63) is 52.8 Å². The minimum Gasteiger partial charge on any atom is -0.476 e. The van der Waals surface area contributed by atoms with E-state index >= 15 is 0 Å². The molecule has 0 saturated carbocycles. The Hall–Kier alpha value is -4.67. The fourth-order valence-electron chi connectivity index (χ4n) is 6.32. The molecule has 0 bridgehead atoms. The van der Waals surface area contributed by atoms with Crippen LogP contribution in [-0.2, 0) is 14.4 Å². The van der Waals surface area contributed by atoms with E-state index in [1.165, 1.54) is 11.0 Å². The summed E-state index contributed by atoms with van der Waals surface area (Å²) in [5.74, 6) is -2.23. The summed E-state index contributed by atoms with van der Waals surface area (Å²) in [5, 5.41) is 33.1. The van der Waals surface area contributed by atoms with Crippen LogP contribution in [0.5, 0.6) is 0 Å². The highest BCUT2D eigenvalue weighted by molar-refractivity contribution is 7.13. The maximum atomic E-state index is 14.1. The van der Waals surface area contributed by atoms with Gasteiger partial charge in [0.15, 0.2) is 11.5 Å². The number of carboxylic acids is 1. The van der Waals surface area contributed by atoms with Gasteiger partial charge in [-0.3, -0.25) is 19.3 Å². The number of rotatable bonds is 10. The van der Waals surface area contributed by atoms with Crippen molar-refractivity contribution in [2.45, 2.75) is 65.3 Å². The molecule has 0 spiro atoms. The van der Waals surface area contributed by atoms with Gasteiger partial charge in [0.25, 0.3) is 0 Å². The molecule has 5 rings (SSSR count). The van der Waals surface area contributed by atoms with Crippen LogP contribution in [-0.4, -0.2) is 116 Å². The van der Waals surface area contributed by atoms with Crippen LogP contribution < -0.4 is 21.3 Å². The van der Waals surface area contributed by atoms with Crippen molar-refractivity contribution in [2.24, 2.45) is 5.41 Å². The molecule has 2 aliphatic heterocycles. The number of hydrogen-bond donors (Lipinski definition) is 5. The van der Waals surface area contributed by atoms with E-state index in [2.05, 4.69) is 25.8 Å². The lowest BCUT2D eigenvalue weighted by atomic mass is 9.85. The molecule has 15 nitrogen and oxygen atoms in total. The Bertz CT molecular complexity index is 1720. The third-order valence-electron chi connectivity index (χ3n) is 9.16. The molecule has 0 unspecified atom stereocenters. The second-order valence-electron chi connectivity index (χ2n) is 14.0. The Morgan fingerprint density at radius 3 is 2.34 bits per heavy atom. The fraction of sp³-hybridized carbons (Fsp3) is 0.500. The number of nitrogens with one attached hydrogen (secondary N) is 2. The van der Waals surface area contributed by atoms with Gasteiger partial charge in [0.2, 0.25) is 17.7 Å². The molecule has 0 radical (unpaired) electrons. The molecular formula is C34H45N9O6S. The van der Waals surface area contributed by atoms with Crippen molar-refractivity contribution in [3.63, 3.8) is 0 Å². The predicted molar refractivity (Wildman–Crippen MR) is 188 cm³/mol. The average molecular weight is 708 g/mol. The van der Waals surface area contributed by atoms with Crippen LogP contribution in [0.3, 0.4) is 0 Å². The number of carboxylic acid groups (broad SMARTS) is 1. The first-order chi connectivity index (χ1) is 23.6. The van der Waals surface area contributed by atoms with Crippen LogP contribution in [0.2, 0.25) is 0 Å². The van der Waals surface area contributed by atoms with E-state index in [1.807, 2.05) is 74.2 Å². The number of carbonyl (C=O) groups excluding carboxylic acids is 3. The van der Waals surface area contributed by atoms with E-state index in [0.717, 1.165) is 21.7 Å². The van der Waals surface area contributed by atoms with Crippen molar-refractivity contribution in [1.29, 1.82) is 0 Å². The summed E-state index contributed by atoms with van der Waals surface area (Å²) in [5.41, 5.74) is 10.2. The summed E-state index contributed by atoms with van der Waals surface area (Å²) in [6.07, 6.45) is -0.787. The van der Waals surface area contributed by atoms with Gasteiger partial charge in [0.1, 0.15) is 12.1 Å². The SMILES string of the molecule is Cc1ncsc1-c1ccc([C@@H](C)NC(=O)[C@H]2C[C@H](O)CN2C(=O)[C@H](NC(=O)CN2CCN(c3cc(C(=O)O)nnc3N)CC2)C(C)(C)C)cc1. The molecule has 50 heavy (non-hydrogen) atoms. The maximum Gasteiger partial charge on any atom is 0.356 e. The van der Waals surface area contributed by atoms with E-state index in [0.29, 0.717) is 31.9 Å². The topological polar surface area (TPSA) is 207 Å². The molecule has 2 fully saturated rings. The van der Waals surface area contributed by atoms with Crippen LogP contribution in [0, 0.1) is 12.3 Å². The minimum absolute atomic E-state index is 0.0187. The van der Waals surface area contributed by atoms with Gasteiger partial charge in [-0.1, -0.05) is 45.0 Å². The fourth-order valence-corrected chi connectivity index (χ4v) is 7.13. The zero-order chi connectivity index (χ0) is 36.3. The lowest BCUT2D eigenvalue weighted by Gasteiger charge is -2.37. The molecule has 3 aromatic rings. The summed E-state index contributed by atoms with van der Waals surface area (Å²) in [4.78, 5) is 62.9. The molecule has 2 saturated heterocycles. The number of nitrogen functional groups attached to an aromatic ring is 1. The van der Waals surface area contributed by atoms with Crippen molar-refractivity contribution >= 4 is 46.5 Å². The number of benzene rings is 1. The van der Waals surface area contributed by atoms with Gasteiger partial charge in [0, 0.05) is 45.2 Å². The van der Waals surface area contributed by atoms with Gasteiger partial charge in [-0.15, -0.1) is 21.5 Å². The summed E-state index contributed by atoms with van der Waals surface area (Å²) >= 11 is 1.57. The number of aliphatic hydroxyl groups excluding tert-OH is 1. The Balaban J connectivity index is 1.19. The maximum absolute atomic E-state index is 14.1. The summed E-state index contributed by atoms with van der Waals surface area (Å²) < 4.78 is 0. The first-order valence-corrected chi connectivity index (χ1v) is 17.4. The summed E-state index contributed by atoms with van der Waals surface area (Å²) in [6, 6.07) is 7.09. The molecule has 1 aromatic carbocycles. The van der Waals surface area contributed by atoms with Crippen LogP contribution >= 0.6 is 11.3 Å². The number of aromatic nitrogens is 3. The van der Waals surface area contributed by atoms with E-state index in [9.17, 15) is 29.4 Å². The number of aryl methyl sites for hydroxylation is 1. The second kappa shape index (κ2) is 15.1. The standard InChI is InChI=1S/C34H45N9O6S/c1-19(21-6-8-22(9-7-21)28-20(2)36-18-50-28)37-31(46)26-14-23(44)16-43(26)32(47)29(34(3,4)5)38-27(45)17-41-10-12-42(13-11-41)25-15-24(33(48)49)39-40-30(25)35/h6-9,15,18-19,23,26,29,44H,10-14,16-17H2,1-5H3,(H2,35,40)(H,37,46)(H,38,45)(H,48,49)/t19-,23+,26-,29+/m1/s1. The number of aromatic carboxylic acids is 1. The van der Waals surface area contributed by atoms with E-state index < -0.39 is 35.5 Å². The third-order valence-corrected chi connectivity index (χ3v) is 10.1. The lowest BCUT2D eigenvalue weighted by Crippen LogP contribution is -2.59. The number of amides is 3. The molecule has 6 N–H and O–H groups in total. The van der Waals surface area contributed by atoms with Gasteiger partial charge in [-0.2, -0.15) is 0 Å².